The SMILES string of the molecule is CC(C)Oc1ccc(-c2ccc(C#N)cc2)cc1. The Morgan fingerprint density at radius 3 is 1.83 bits per heavy atom. The highest BCUT2D eigenvalue weighted by molar-refractivity contribution is 5.64. The fourth-order valence-corrected chi connectivity index (χ4v) is 1.74. The van der Waals surface area contributed by atoms with E-state index in [2.05, 4.69) is 6.07 Å². The van der Waals surface area contributed by atoms with E-state index in [-0.39, 0.29) is 6.10 Å². The zero-order valence-electron chi connectivity index (χ0n) is 10.6. The van der Waals surface area contributed by atoms with Gasteiger partial charge in [-0.2, -0.15) is 5.26 Å². The molecule has 0 aliphatic rings. The molecule has 0 amide bonds. The van der Waals surface area contributed by atoms with Gasteiger partial charge in [-0.25, -0.2) is 0 Å². The molecule has 0 aliphatic carbocycles. The molecule has 2 aromatic carbocycles. The number of ether oxygens (including phenoxy) is 1. The Hall–Kier alpha value is -2.27. The Balaban J connectivity index is 2.20. The van der Waals surface area contributed by atoms with Crippen molar-refractivity contribution < 1.29 is 4.74 Å². The fourth-order valence-electron chi connectivity index (χ4n) is 1.74. The van der Waals surface area contributed by atoms with Gasteiger partial charge in [0.25, 0.3) is 0 Å². The number of benzene rings is 2. The van der Waals surface area contributed by atoms with Crippen molar-refractivity contribution in [3.05, 3.63) is 54.1 Å². The minimum atomic E-state index is 0.186. The first-order valence-corrected chi connectivity index (χ1v) is 5.96. The standard InChI is InChI=1S/C16H15NO/c1-12(2)18-16-9-7-15(8-10-16)14-5-3-13(11-17)4-6-14/h3-10,12H,1-2H3. The highest BCUT2D eigenvalue weighted by Crippen LogP contribution is 2.23. The summed E-state index contributed by atoms with van der Waals surface area (Å²) >= 11 is 0. The van der Waals surface area contributed by atoms with E-state index < -0.39 is 0 Å². The van der Waals surface area contributed by atoms with Gasteiger partial charge in [0.15, 0.2) is 0 Å². The Kier molecular flexibility index (Phi) is 3.64. The predicted octanol–water partition coefficient (Wildman–Crippen LogP) is 4.01. The van der Waals surface area contributed by atoms with Crippen LogP contribution in [0.2, 0.25) is 0 Å². The smallest absolute Gasteiger partial charge is 0.119 e. The lowest BCUT2D eigenvalue weighted by Crippen LogP contribution is -2.05. The van der Waals surface area contributed by atoms with Gasteiger partial charge in [-0.15, -0.1) is 0 Å². The summed E-state index contributed by atoms with van der Waals surface area (Å²) in [6.45, 7) is 4.02. The van der Waals surface area contributed by atoms with E-state index in [1.54, 1.807) is 0 Å². The average molecular weight is 237 g/mol. The van der Waals surface area contributed by atoms with Gasteiger partial charge in [0.2, 0.25) is 0 Å². The number of nitrogens with zero attached hydrogens (tertiary/aromatic N) is 1. The summed E-state index contributed by atoms with van der Waals surface area (Å²) in [4.78, 5) is 0. The fraction of sp³-hybridized carbons (Fsp3) is 0.188. The molecule has 18 heavy (non-hydrogen) atoms. The van der Waals surface area contributed by atoms with E-state index >= 15 is 0 Å². The van der Waals surface area contributed by atoms with Gasteiger partial charge in [0.05, 0.1) is 17.7 Å². The lowest BCUT2D eigenvalue weighted by atomic mass is 10.0. The molecule has 0 heterocycles. The molecule has 2 aromatic rings. The van der Waals surface area contributed by atoms with Crippen LogP contribution < -0.4 is 4.74 Å². The lowest BCUT2D eigenvalue weighted by Gasteiger charge is -2.10. The van der Waals surface area contributed by atoms with Gasteiger partial charge in [-0.1, -0.05) is 24.3 Å². The maximum absolute atomic E-state index is 8.75. The molecule has 0 radical (unpaired) electrons. The van der Waals surface area contributed by atoms with Crippen molar-refractivity contribution in [2.75, 3.05) is 0 Å². The molecule has 0 fully saturated rings. The molecule has 0 spiro atoms. The van der Waals surface area contributed by atoms with Crippen molar-refractivity contribution in [2.45, 2.75) is 20.0 Å². The van der Waals surface area contributed by atoms with Gasteiger partial charge in [-0.3, -0.25) is 0 Å². The highest BCUT2D eigenvalue weighted by atomic mass is 16.5. The quantitative estimate of drug-likeness (QED) is 0.808. The van der Waals surface area contributed by atoms with Crippen LogP contribution in [0.4, 0.5) is 0 Å². The molecule has 0 bridgehead atoms. The van der Waals surface area contributed by atoms with Crippen LogP contribution in [-0.2, 0) is 0 Å². The summed E-state index contributed by atoms with van der Waals surface area (Å²) < 4.78 is 5.60. The molecule has 0 unspecified atom stereocenters. The molecule has 0 atom stereocenters. The highest BCUT2D eigenvalue weighted by Gasteiger charge is 2.00. The van der Waals surface area contributed by atoms with Crippen LogP contribution in [0.5, 0.6) is 5.75 Å². The first kappa shape index (κ1) is 12.2. The summed E-state index contributed by atoms with van der Waals surface area (Å²) in [6.07, 6.45) is 0.186. The van der Waals surface area contributed by atoms with Crippen molar-refractivity contribution in [1.82, 2.24) is 0 Å². The van der Waals surface area contributed by atoms with Gasteiger partial charge < -0.3 is 4.74 Å². The molecule has 90 valence electrons. The summed E-state index contributed by atoms with van der Waals surface area (Å²) in [5, 5.41) is 8.75. The number of hydrogen-bond acceptors (Lipinski definition) is 2. The van der Waals surface area contributed by atoms with Crippen molar-refractivity contribution >= 4 is 0 Å². The lowest BCUT2D eigenvalue weighted by molar-refractivity contribution is 0.242. The van der Waals surface area contributed by atoms with E-state index in [9.17, 15) is 0 Å². The number of rotatable bonds is 3. The molecule has 2 nitrogen and oxygen atoms in total. The van der Waals surface area contributed by atoms with E-state index in [0.717, 1.165) is 16.9 Å². The largest absolute Gasteiger partial charge is 0.491 e. The Morgan fingerprint density at radius 2 is 1.39 bits per heavy atom. The number of nitriles is 1. The van der Waals surface area contributed by atoms with Gasteiger partial charge in [0.1, 0.15) is 5.75 Å². The van der Waals surface area contributed by atoms with Crippen LogP contribution in [0.25, 0.3) is 11.1 Å². The first-order valence-electron chi connectivity index (χ1n) is 5.96. The minimum absolute atomic E-state index is 0.186. The monoisotopic (exact) mass is 237 g/mol. The van der Waals surface area contributed by atoms with Crippen molar-refractivity contribution in [1.29, 1.82) is 5.26 Å². The van der Waals surface area contributed by atoms with E-state index in [0.29, 0.717) is 5.56 Å². The molecule has 0 N–H and O–H groups in total. The minimum Gasteiger partial charge on any atom is -0.491 e. The Labute approximate surface area is 107 Å². The third-order valence-corrected chi connectivity index (χ3v) is 2.57. The maximum Gasteiger partial charge on any atom is 0.119 e. The molecule has 0 saturated heterocycles. The third kappa shape index (κ3) is 2.89. The zero-order valence-corrected chi connectivity index (χ0v) is 10.6. The van der Waals surface area contributed by atoms with Crippen LogP contribution in [0.3, 0.4) is 0 Å². The molecule has 0 aromatic heterocycles. The summed E-state index contributed by atoms with van der Waals surface area (Å²) in [7, 11) is 0. The summed E-state index contributed by atoms with van der Waals surface area (Å²) in [5.41, 5.74) is 2.90. The van der Waals surface area contributed by atoms with Gasteiger partial charge in [0, 0.05) is 0 Å². The van der Waals surface area contributed by atoms with Gasteiger partial charge >= 0.3 is 0 Å². The molecule has 0 aliphatic heterocycles. The Bertz CT molecular complexity index is 547. The second-order valence-electron chi connectivity index (χ2n) is 4.38. The van der Waals surface area contributed by atoms with Crippen LogP contribution in [-0.4, -0.2) is 6.10 Å². The molecule has 2 heteroatoms. The van der Waals surface area contributed by atoms with Crippen LogP contribution >= 0.6 is 0 Å². The van der Waals surface area contributed by atoms with Crippen molar-refractivity contribution in [3.8, 4) is 22.9 Å². The zero-order chi connectivity index (χ0) is 13.0. The van der Waals surface area contributed by atoms with Crippen molar-refractivity contribution in [2.24, 2.45) is 0 Å². The van der Waals surface area contributed by atoms with Gasteiger partial charge in [-0.05, 0) is 49.2 Å². The van der Waals surface area contributed by atoms with E-state index in [4.69, 9.17) is 10.00 Å². The van der Waals surface area contributed by atoms with E-state index in [1.165, 1.54) is 0 Å². The summed E-state index contributed by atoms with van der Waals surface area (Å²) in [6, 6.07) is 17.7. The average Bonchev–Trinajstić information content (AvgIpc) is 2.39. The first-order chi connectivity index (χ1) is 8.69. The molecule has 0 saturated carbocycles. The maximum atomic E-state index is 8.75. The predicted molar refractivity (Wildman–Crippen MR) is 72.4 cm³/mol. The second kappa shape index (κ2) is 5.37. The molecular formula is C16H15NO. The van der Waals surface area contributed by atoms with Crippen molar-refractivity contribution in [3.63, 3.8) is 0 Å². The second-order valence-corrected chi connectivity index (χ2v) is 4.38. The third-order valence-electron chi connectivity index (χ3n) is 2.57. The Morgan fingerprint density at radius 1 is 0.889 bits per heavy atom. The normalized spacial score (nSPS) is 10.1. The topological polar surface area (TPSA) is 33.0 Å². The van der Waals surface area contributed by atoms with Crippen LogP contribution in [0.15, 0.2) is 48.5 Å². The van der Waals surface area contributed by atoms with E-state index in [1.807, 2.05) is 62.4 Å². The number of hydrogen-bond donors (Lipinski definition) is 0. The molecule has 2 rings (SSSR count). The van der Waals surface area contributed by atoms with Crippen LogP contribution in [0, 0.1) is 11.3 Å². The van der Waals surface area contributed by atoms with Crippen LogP contribution in [0.1, 0.15) is 19.4 Å². The molecular weight excluding hydrogens is 222 g/mol. The summed E-state index contributed by atoms with van der Waals surface area (Å²) in [5.74, 6) is 0.877.